The Kier molecular flexibility index (Phi) is 10.8. The molecule has 0 fully saturated rings. The maximum Gasteiger partial charge on any atom is 0.409 e. The van der Waals surface area contributed by atoms with E-state index in [1.165, 1.54) is 5.56 Å². The molecule has 0 aliphatic carbocycles. The van der Waals surface area contributed by atoms with E-state index in [9.17, 15) is 4.79 Å². The summed E-state index contributed by atoms with van der Waals surface area (Å²) in [6.45, 7) is 14.0. The number of rotatable bonds is 13. The number of benzene rings is 3. The molecule has 1 aromatic heterocycles. The number of aromatic nitrogens is 2. The van der Waals surface area contributed by atoms with Crippen molar-refractivity contribution < 1.29 is 14.3 Å². The number of nitrogens with zero attached hydrogens (tertiary/aromatic N) is 2. The van der Waals surface area contributed by atoms with Crippen molar-refractivity contribution in [1.82, 2.24) is 20.2 Å². The first-order valence-corrected chi connectivity index (χ1v) is 15.1. The molecule has 0 aliphatic heterocycles. The number of carbonyl (C=O) groups is 1. The van der Waals surface area contributed by atoms with Crippen LogP contribution in [0.15, 0.2) is 97.2 Å². The van der Waals surface area contributed by atoms with E-state index >= 15 is 0 Å². The Morgan fingerprint density at radius 3 is 2.02 bits per heavy atom. The number of hydrogen-bond donors (Lipinski definition) is 2. The molecule has 7 nitrogen and oxygen atoms in total. The van der Waals surface area contributed by atoms with Gasteiger partial charge in [-0.15, -0.1) is 0 Å². The highest BCUT2D eigenvalue weighted by atomic mass is 16.6. The fourth-order valence-electron chi connectivity index (χ4n) is 5.07. The standard InChI is InChI=1S/C36H46N4O3/c1-7-30(43-36(5,6)39-34(41)42-26-28-19-13-9-14-20-28)23-37-32(35(2,3)4)33-38-31(29-21-15-10-16-22-29)25-40(33)24-27-17-11-8-12-18-27/h8-22,25,30,32,37H,7,23-24,26H2,1-6H3,(H,39,41)/t30-,32-/m0/s1. The second kappa shape index (κ2) is 14.5. The van der Waals surface area contributed by atoms with Gasteiger partial charge in [0, 0.05) is 24.8 Å². The van der Waals surface area contributed by atoms with Crippen molar-refractivity contribution in [1.29, 1.82) is 0 Å². The molecule has 0 unspecified atom stereocenters. The molecule has 1 heterocycles. The van der Waals surface area contributed by atoms with Gasteiger partial charge in [-0.05, 0) is 36.8 Å². The zero-order valence-electron chi connectivity index (χ0n) is 26.3. The summed E-state index contributed by atoms with van der Waals surface area (Å²) in [5.74, 6) is 0.979. The first-order chi connectivity index (χ1) is 20.5. The summed E-state index contributed by atoms with van der Waals surface area (Å²) in [7, 11) is 0. The van der Waals surface area contributed by atoms with Crippen LogP contribution in [0.4, 0.5) is 4.79 Å². The third-order valence-electron chi connectivity index (χ3n) is 7.28. The topological polar surface area (TPSA) is 77.4 Å². The lowest BCUT2D eigenvalue weighted by Gasteiger charge is -2.35. The van der Waals surface area contributed by atoms with Gasteiger partial charge in [-0.2, -0.15) is 0 Å². The number of amides is 1. The lowest BCUT2D eigenvalue weighted by Crippen LogP contribution is -2.50. The summed E-state index contributed by atoms with van der Waals surface area (Å²) in [6.07, 6.45) is 2.25. The van der Waals surface area contributed by atoms with Crippen LogP contribution in [-0.2, 0) is 22.6 Å². The van der Waals surface area contributed by atoms with Gasteiger partial charge in [0.05, 0.1) is 17.8 Å². The molecule has 0 radical (unpaired) electrons. The fourth-order valence-corrected chi connectivity index (χ4v) is 5.07. The van der Waals surface area contributed by atoms with E-state index in [1.54, 1.807) is 0 Å². The van der Waals surface area contributed by atoms with Gasteiger partial charge >= 0.3 is 6.09 Å². The smallest absolute Gasteiger partial charge is 0.409 e. The molecule has 2 N–H and O–H groups in total. The number of nitrogens with one attached hydrogen (secondary N) is 2. The normalized spacial score (nSPS) is 13.3. The van der Waals surface area contributed by atoms with Crippen LogP contribution in [0.3, 0.4) is 0 Å². The molecule has 0 aliphatic rings. The first kappa shape index (κ1) is 32.0. The molecule has 2 atom stereocenters. The van der Waals surface area contributed by atoms with Crippen LogP contribution in [0, 0.1) is 5.41 Å². The van der Waals surface area contributed by atoms with E-state index in [-0.39, 0.29) is 24.2 Å². The van der Waals surface area contributed by atoms with Crippen molar-refractivity contribution in [2.24, 2.45) is 5.41 Å². The monoisotopic (exact) mass is 582 g/mol. The lowest BCUT2D eigenvalue weighted by atomic mass is 9.86. The molecule has 7 heteroatoms. The van der Waals surface area contributed by atoms with Crippen LogP contribution in [0.1, 0.15) is 71.0 Å². The summed E-state index contributed by atoms with van der Waals surface area (Å²) < 4.78 is 14.1. The van der Waals surface area contributed by atoms with Gasteiger partial charge in [-0.1, -0.05) is 119 Å². The number of hydrogen-bond acceptors (Lipinski definition) is 5. The summed E-state index contributed by atoms with van der Waals surface area (Å²) in [6, 6.07) is 30.3. The predicted molar refractivity (Wildman–Crippen MR) is 172 cm³/mol. The number of ether oxygens (including phenoxy) is 2. The molecule has 0 spiro atoms. The Labute approximate surface area is 256 Å². The van der Waals surface area contributed by atoms with Crippen molar-refractivity contribution in [3.63, 3.8) is 0 Å². The molecule has 228 valence electrons. The Hall–Kier alpha value is -3.94. The van der Waals surface area contributed by atoms with E-state index in [0.29, 0.717) is 6.54 Å². The molecule has 1 amide bonds. The quantitative estimate of drug-likeness (QED) is 0.158. The SMILES string of the molecule is CC[C@@H](CN[C@@H](c1nc(-c2ccccc2)cn1Cc1ccccc1)C(C)(C)C)OC(C)(C)NC(=O)OCc1ccccc1. The summed E-state index contributed by atoms with van der Waals surface area (Å²) >= 11 is 0. The number of imidazole rings is 1. The van der Waals surface area contributed by atoms with Crippen LogP contribution in [0.5, 0.6) is 0 Å². The van der Waals surface area contributed by atoms with Gasteiger partial charge in [-0.25, -0.2) is 9.78 Å². The van der Waals surface area contributed by atoms with Crippen LogP contribution < -0.4 is 10.6 Å². The summed E-state index contributed by atoms with van der Waals surface area (Å²) in [5.41, 5.74) is 3.13. The average molecular weight is 583 g/mol. The molecule has 0 bridgehead atoms. The Balaban J connectivity index is 1.48. The van der Waals surface area contributed by atoms with Crippen molar-refractivity contribution in [2.45, 2.75) is 79.0 Å². The number of carbonyl (C=O) groups excluding carboxylic acids is 1. The Bertz CT molecular complexity index is 1410. The van der Waals surface area contributed by atoms with Crippen molar-refractivity contribution in [3.05, 3.63) is 114 Å². The average Bonchev–Trinajstić information content (AvgIpc) is 3.39. The minimum Gasteiger partial charge on any atom is -0.445 e. The minimum absolute atomic E-state index is 0.0572. The first-order valence-electron chi connectivity index (χ1n) is 15.1. The molecular formula is C36H46N4O3. The van der Waals surface area contributed by atoms with Gasteiger partial charge in [-0.3, -0.25) is 5.32 Å². The highest BCUT2D eigenvalue weighted by molar-refractivity contribution is 5.67. The molecule has 4 aromatic rings. The maximum atomic E-state index is 12.6. The van der Waals surface area contributed by atoms with E-state index in [1.807, 2.05) is 68.4 Å². The Morgan fingerprint density at radius 1 is 0.860 bits per heavy atom. The van der Waals surface area contributed by atoms with Gasteiger partial charge in [0.1, 0.15) is 18.2 Å². The highest BCUT2D eigenvalue weighted by Crippen LogP contribution is 2.34. The molecule has 4 rings (SSSR count). The van der Waals surface area contributed by atoms with Crippen LogP contribution in [-0.4, -0.2) is 34.0 Å². The molecule has 0 saturated carbocycles. The van der Waals surface area contributed by atoms with Gasteiger partial charge in [0.2, 0.25) is 0 Å². The second-order valence-corrected chi connectivity index (χ2v) is 12.5. The largest absolute Gasteiger partial charge is 0.445 e. The fraction of sp³-hybridized carbons (Fsp3) is 0.389. The maximum absolute atomic E-state index is 12.6. The van der Waals surface area contributed by atoms with E-state index < -0.39 is 11.8 Å². The third-order valence-corrected chi connectivity index (χ3v) is 7.28. The lowest BCUT2D eigenvalue weighted by molar-refractivity contribution is -0.0899. The minimum atomic E-state index is -0.917. The van der Waals surface area contributed by atoms with Crippen molar-refractivity contribution >= 4 is 6.09 Å². The van der Waals surface area contributed by atoms with Crippen LogP contribution in [0.2, 0.25) is 0 Å². The van der Waals surface area contributed by atoms with E-state index in [2.05, 4.69) is 85.5 Å². The van der Waals surface area contributed by atoms with Crippen LogP contribution >= 0.6 is 0 Å². The van der Waals surface area contributed by atoms with Crippen molar-refractivity contribution in [3.8, 4) is 11.3 Å². The molecule has 0 saturated heterocycles. The molecular weight excluding hydrogens is 536 g/mol. The van der Waals surface area contributed by atoms with Gasteiger partial charge in [0.25, 0.3) is 0 Å². The molecule has 3 aromatic carbocycles. The predicted octanol–water partition coefficient (Wildman–Crippen LogP) is 7.73. The van der Waals surface area contributed by atoms with Gasteiger partial charge < -0.3 is 19.4 Å². The van der Waals surface area contributed by atoms with Gasteiger partial charge in [0.15, 0.2) is 0 Å². The van der Waals surface area contributed by atoms with E-state index in [0.717, 1.165) is 35.6 Å². The zero-order chi connectivity index (χ0) is 30.9. The highest BCUT2D eigenvalue weighted by Gasteiger charge is 2.32. The van der Waals surface area contributed by atoms with Crippen molar-refractivity contribution in [2.75, 3.05) is 6.54 Å². The summed E-state index contributed by atoms with van der Waals surface area (Å²) in [5, 5.41) is 6.66. The Morgan fingerprint density at radius 2 is 1.44 bits per heavy atom. The zero-order valence-corrected chi connectivity index (χ0v) is 26.3. The molecule has 43 heavy (non-hydrogen) atoms. The number of alkyl carbamates (subject to hydrolysis) is 1. The summed E-state index contributed by atoms with van der Waals surface area (Å²) in [4.78, 5) is 17.7. The van der Waals surface area contributed by atoms with Crippen LogP contribution in [0.25, 0.3) is 11.3 Å². The third kappa shape index (κ3) is 9.53. The van der Waals surface area contributed by atoms with E-state index in [4.69, 9.17) is 14.5 Å². The second-order valence-electron chi connectivity index (χ2n) is 12.5.